The molecule has 0 saturated carbocycles. The van der Waals surface area contributed by atoms with Crippen LogP contribution in [-0.2, 0) is 4.79 Å². The van der Waals surface area contributed by atoms with Crippen LogP contribution in [0.1, 0.15) is 19.4 Å². The van der Waals surface area contributed by atoms with Gasteiger partial charge in [0.1, 0.15) is 0 Å². The van der Waals surface area contributed by atoms with E-state index in [1.807, 2.05) is 67.6 Å². The van der Waals surface area contributed by atoms with Crippen molar-refractivity contribution in [1.29, 1.82) is 0 Å². The maximum atomic E-state index is 13.4. The van der Waals surface area contributed by atoms with Crippen LogP contribution >= 0.6 is 11.8 Å². The summed E-state index contributed by atoms with van der Waals surface area (Å²) in [5.41, 5.74) is 2.31. The third-order valence-corrected chi connectivity index (χ3v) is 6.11. The van der Waals surface area contributed by atoms with Crippen LogP contribution in [0.3, 0.4) is 0 Å². The number of benzene rings is 2. The number of thioether (sulfide) groups is 1. The van der Waals surface area contributed by atoms with E-state index in [0.717, 1.165) is 16.8 Å². The van der Waals surface area contributed by atoms with Gasteiger partial charge in [0.2, 0.25) is 11.7 Å². The van der Waals surface area contributed by atoms with E-state index in [1.165, 1.54) is 11.8 Å². The lowest BCUT2D eigenvalue weighted by molar-refractivity contribution is -0.127. The second-order valence-corrected chi connectivity index (χ2v) is 7.86. The minimum Gasteiger partial charge on any atom is -0.343 e. The molecule has 8 heteroatoms. The first-order valence-electron chi connectivity index (χ1n) is 9.92. The lowest BCUT2D eigenvalue weighted by Crippen LogP contribution is -2.31. The van der Waals surface area contributed by atoms with Crippen LogP contribution in [0.4, 0.5) is 0 Å². The van der Waals surface area contributed by atoms with Crippen molar-refractivity contribution in [2.45, 2.75) is 25.9 Å². The SMILES string of the molecule is CCN(CC)C(=O)CSc1nnc2n(-c3ccccc3C)c(=O)c3ccccc3n12. The first-order valence-corrected chi connectivity index (χ1v) is 10.9. The molecule has 154 valence electrons. The van der Waals surface area contributed by atoms with E-state index < -0.39 is 0 Å². The van der Waals surface area contributed by atoms with Crippen molar-refractivity contribution in [3.8, 4) is 5.69 Å². The molecule has 0 N–H and O–H groups in total. The van der Waals surface area contributed by atoms with Crippen molar-refractivity contribution in [1.82, 2.24) is 24.1 Å². The lowest BCUT2D eigenvalue weighted by atomic mass is 10.2. The predicted molar refractivity (Wildman–Crippen MR) is 119 cm³/mol. The number of para-hydroxylation sites is 2. The molecule has 0 aliphatic heterocycles. The molecule has 0 bridgehead atoms. The standard InChI is InChI=1S/C22H23N5O2S/c1-4-25(5-2)19(28)14-30-22-24-23-21-26(17-12-8-6-10-15(17)3)20(29)16-11-7-9-13-18(16)27(21)22/h6-13H,4-5,14H2,1-3H3. The van der Waals surface area contributed by atoms with Gasteiger partial charge in [-0.05, 0) is 44.5 Å². The molecule has 4 aromatic rings. The normalized spacial score (nSPS) is 11.3. The van der Waals surface area contributed by atoms with Crippen LogP contribution in [0.25, 0.3) is 22.4 Å². The Kier molecular flexibility index (Phi) is 5.59. The Bertz CT molecular complexity index is 1290. The summed E-state index contributed by atoms with van der Waals surface area (Å²) in [4.78, 5) is 27.6. The Balaban J connectivity index is 1.91. The van der Waals surface area contributed by atoms with Crippen LogP contribution < -0.4 is 5.56 Å². The van der Waals surface area contributed by atoms with E-state index in [4.69, 9.17) is 0 Å². The quantitative estimate of drug-likeness (QED) is 0.447. The molecule has 0 radical (unpaired) electrons. The summed E-state index contributed by atoms with van der Waals surface area (Å²) < 4.78 is 3.46. The Morgan fingerprint density at radius 3 is 2.47 bits per heavy atom. The van der Waals surface area contributed by atoms with Gasteiger partial charge in [0.15, 0.2) is 5.16 Å². The number of carbonyl (C=O) groups excluding carboxylic acids is 1. The minimum atomic E-state index is -0.143. The third kappa shape index (κ3) is 3.37. The minimum absolute atomic E-state index is 0.0540. The summed E-state index contributed by atoms with van der Waals surface area (Å²) >= 11 is 1.34. The fourth-order valence-electron chi connectivity index (χ4n) is 3.60. The Morgan fingerprint density at radius 2 is 1.73 bits per heavy atom. The zero-order valence-corrected chi connectivity index (χ0v) is 18.0. The molecule has 0 aliphatic rings. The lowest BCUT2D eigenvalue weighted by Gasteiger charge is -2.18. The Labute approximate surface area is 178 Å². The number of aromatic nitrogens is 4. The molecule has 2 aromatic carbocycles. The van der Waals surface area contributed by atoms with E-state index in [1.54, 1.807) is 15.5 Å². The van der Waals surface area contributed by atoms with Crippen LogP contribution in [0.15, 0.2) is 58.5 Å². The summed E-state index contributed by atoms with van der Waals surface area (Å²) in [6.45, 7) is 7.24. The number of amides is 1. The number of rotatable bonds is 6. The van der Waals surface area contributed by atoms with Crippen LogP contribution in [0, 0.1) is 6.92 Å². The zero-order valence-electron chi connectivity index (χ0n) is 17.2. The Morgan fingerprint density at radius 1 is 1.03 bits per heavy atom. The molecule has 4 rings (SSSR count). The van der Waals surface area contributed by atoms with Gasteiger partial charge in [0.25, 0.3) is 5.56 Å². The maximum absolute atomic E-state index is 13.4. The molecule has 1 amide bonds. The van der Waals surface area contributed by atoms with Gasteiger partial charge in [-0.25, -0.2) is 4.57 Å². The van der Waals surface area contributed by atoms with Gasteiger partial charge < -0.3 is 4.90 Å². The number of hydrogen-bond acceptors (Lipinski definition) is 5. The van der Waals surface area contributed by atoms with Crippen molar-refractivity contribution in [3.05, 3.63) is 64.4 Å². The van der Waals surface area contributed by atoms with Gasteiger partial charge in [0.05, 0.1) is 22.3 Å². The molecule has 2 aromatic heterocycles. The van der Waals surface area contributed by atoms with Crippen molar-refractivity contribution in [2.75, 3.05) is 18.8 Å². The maximum Gasteiger partial charge on any atom is 0.267 e. The summed E-state index contributed by atoms with van der Waals surface area (Å²) in [6.07, 6.45) is 0. The number of fused-ring (bicyclic) bond motifs is 3. The molecule has 0 saturated heterocycles. The molecule has 0 spiro atoms. The molecule has 30 heavy (non-hydrogen) atoms. The zero-order chi connectivity index (χ0) is 21.3. The van der Waals surface area contributed by atoms with Gasteiger partial charge in [-0.1, -0.05) is 42.1 Å². The second kappa shape index (κ2) is 8.31. The fraction of sp³-hybridized carbons (Fsp3) is 0.273. The molecule has 0 unspecified atom stereocenters. The topological polar surface area (TPSA) is 72.5 Å². The van der Waals surface area contributed by atoms with E-state index >= 15 is 0 Å². The van der Waals surface area contributed by atoms with Crippen molar-refractivity contribution in [3.63, 3.8) is 0 Å². The van der Waals surface area contributed by atoms with Crippen molar-refractivity contribution >= 4 is 34.3 Å². The van der Waals surface area contributed by atoms with Crippen molar-refractivity contribution in [2.24, 2.45) is 0 Å². The highest BCUT2D eigenvalue weighted by Gasteiger charge is 2.20. The van der Waals surface area contributed by atoms with Crippen LogP contribution in [0.5, 0.6) is 0 Å². The smallest absolute Gasteiger partial charge is 0.267 e. The number of aryl methyl sites for hydroxylation is 1. The van der Waals surface area contributed by atoms with E-state index in [2.05, 4.69) is 10.2 Å². The average molecular weight is 422 g/mol. The highest BCUT2D eigenvalue weighted by atomic mass is 32.2. The number of carbonyl (C=O) groups is 1. The molecule has 7 nitrogen and oxygen atoms in total. The van der Waals surface area contributed by atoms with Gasteiger partial charge in [0, 0.05) is 13.1 Å². The van der Waals surface area contributed by atoms with Gasteiger partial charge >= 0.3 is 0 Å². The molecule has 2 heterocycles. The molecular formula is C22H23N5O2S. The van der Waals surface area contributed by atoms with Gasteiger partial charge in [-0.3, -0.25) is 14.0 Å². The molecule has 0 aliphatic carbocycles. The molecule has 0 atom stereocenters. The van der Waals surface area contributed by atoms with E-state index in [9.17, 15) is 9.59 Å². The predicted octanol–water partition coefficient (Wildman–Crippen LogP) is 3.30. The fourth-order valence-corrected chi connectivity index (χ4v) is 4.44. The van der Waals surface area contributed by atoms with Crippen LogP contribution in [-0.4, -0.2) is 48.8 Å². The summed E-state index contributed by atoms with van der Waals surface area (Å²) in [5, 5.41) is 9.83. The van der Waals surface area contributed by atoms with Gasteiger partial charge in [-0.15, -0.1) is 10.2 Å². The van der Waals surface area contributed by atoms with E-state index in [-0.39, 0.29) is 17.2 Å². The highest BCUT2D eigenvalue weighted by molar-refractivity contribution is 7.99. The van der Waals surface area contributed by atoms with E-state index in [0.29, 0.717) is 29.4 Å². The first kappa shape index (κ1) is 20.2. The third-order valence-electron chi connectivity index (χ3n) is 5.19. The summed E-state index contributed by atoms with van der Waals surface area (Å²) in [5.74, 6) is 0.754. The van der Waals surface area contributed by atoms with Crippen LogP contribution in [0.2, 0.25) is 0 Å². The first-order chi connectivity index (χ1) is 14.6. The number of hydrogen-bond donors (Lipinski definition) is 0. The average Bonchev–Trinajstić information content (AvgIpc) is 3.18. The van der Waals surface area contributed by atoms with Gasteiger partial charge in [-0.2, -0.15) is 0 Å². The molecular weight excluding hydrogens is 398 g/mol. The second-order valence-electron chi connectivity index (χ2n) is 6.92. The Hall–Kier alpha value is -3.13. The summed E-state index contributed by atoms with van der Waals surface area (Å²) in [7, 11) is 0. The largest absolute Gasteiger partial charge is 0.343 e. The monoisotopic (exact) mass is 421 g/mol. The highest BCUT2D eigenvalue weighted by Crippen LogP contribution is 2.24. The van der Waals surface area contributed by atoms with Crippen molar-refractivity contribution < 1.29 is 4.79 Å². The molecule has 0 fully saturated rings. The number of nitrogens with zero attached hydrogens (tertiary/aromatic N) is 5. The summed E-state index contributed by atoms with van der Waals surface area (Å²) in [6, 6.07) is 15.1.